The monoisotopic (exact) mass is 235 g/mol. The summed E-state index contributed by atoms with van der Waals surface area (Å²) in [7, 11) is 0. The van der Waals surface area contributed by atoms with Crippen molar-refractivity contribution in [1.82, 2.24) is 24.5 Å². The summed E-state index contributed by atoms with van der Waals surface area (Å²) in [6.07, 6.45) is 2.94. The molecule has 0 saturated carbocycles. The van der Waals surface area contributed by atoms with Gasteiger partial charge in [-0.2, -0.15) is 10.1 Å². The molecule has 0 aliphatic carbocycles. The van der Waals surface area contributed by atoms with Crippen LogP contribution >= 0.6 is 0 Å². The molecule has 1 aliphatic heterocycles. The molecule has 0 amide bonds. The minimum absolute atomic E-state index is 0.00218. The maximum Gasteiger partial charge on any atom is 0.269 e. The molecule has 0 unspecified atom stereocenters. The number of hydrogen-bond acceptors (Lipinski definition) is 4. The van der Waals surface area contributed by atoms with Crippen LogP contribution in [0.4, 0.5) is 4.39 Å². The maximum atomic E-state index is 13.6. The van der Waals surface area contributed by atoms with Gasteiger partial charge in [-0.25, -0.2) is 13.8 Å². The van der Waals surface area contributed by atoms with E-state index in [1.54, 1.807) is 4.68 Å². The van der Waals surface area contributed by atoms with E-state index in [0.29, 0.717) is 30.0 Å². The number of aldehydes is 1. The van der Waals surface area contributed by atoms with E-state index in [-0.39, 0.29) is 6.04 Å². The van der Waals surface area contributed by atoms with Crippen molar-refractivity contribution in [1.29, 1.82) is 0 Å². The molecule has 3 heterocycles. The van der Waals surface area contributed by atoms with Gasteiger partial charge in [-0.1, -0.05) is 0 Å². The second-order valence-electron chi connectivity index (χ2n) is 4.10. The zero-order valence-electron chi connectivity index (χ0n) is 9.12. The molecule has 0 bridgehead atoms. The summed E-state index contributed by atoms with van der Waals surface area (Å²) in [5.74, 6) is 0.623. The van der Waals surface area contributed by atoms with Gasteiger partial charge in [-0.15, -0.1) is 5.10 Å². The number of hydrogen-bond donors (Lipinski definition) is 0. The Bertz CT molecular complexity index is 550. The van der Waals surface area contributed by atoms with Crippen molar-refractivity contribution in [2.24, 2.45) is 0 Å². The zero-order chi connectivity index (χ0) is 12.0. The summed E-state index contributed by atoms with van der Waals surface area (Å²) < 4.78 is 16.5. The average Bonchev–Trinajstić information content (AvgIpc) is 2.98. The highest BCUT2D eigenvalue weighted by Crippen LogP contribution is 2.35. The molecular weight excluding hydrogens is 225 g/mol. The number of fused-ring (bicyclic) bond motifs is 1. The lowest BCUT2D eigenvalue weighted by Gasteiger charge is -2.01. The van der Waals surface area contributed by atoms with Crippen LogP contribution in [0, 0.1) is 0 Å². The predicted molar refractivity (Wildman–Crippen MR) is 55.7 cm³/mol. The lowest BCUT2D eigenvalue weighted by molar-refractivity contribution is 0.112. The van der Waals surface area contributed by atoms with Gasteiger partial charge in [0.2, 0.25) is 0 Å². The Labute approximate surface area is 96.1 Å². The number of alkyl halides is 1. The smallest absolute Gasteiger partial charge is 0.269 e. The van der Waals surface area contributed by atoms with Crippen molar-refractivity contribution >= 4 is 6.29 Å². The molecule has 2 aromatic heterocycles. The first-order valence-electron chi connectivity index (χ1n) is 5.30. The van der Waals surface area contributed by atoms with Crippen LogP contribution in [-0.2, 0) is 0 Å². The highest BCUT2D eigenvalue weighted by atomic mass is 19.1. The lowest BCUT2D eigenvalue weighted by Crippen LogP contribution is -2.03. The standard InChI is InChI=1S/C10H10FN5O/c1-6-2-8(11)9-13-10(14-16(6)9)15-4-7(5-17)3-12-15/h3-6,8H,2H2,1H3/t6-,8+/m1/s1. The first-order chi connectivity index (χ1) is 8.19. The fourth-order valence-corrected chi connectivity index (χ4v) is 1.97. The molecule has 17 heavy (non-hydrogen) atoms. The molecule has 0 aromatic carbocycles. The van der Waals surface area contributed by atoms with Crippen molar-refractivity contribution in [3.63, 3.8) is 0 Å². The quantitative estimate of drug-likeness (QED) is 0.735. The maximum absolute atomic E-state index is 13.6. The third-order valence-corrected chi connectivity index (χ3v) is 2.84. The van der Waals surface area contributed by atoms with Gasteiger partial charge in [0.15, 0.2) is 18.3 Å². The van der Waals surface area contributed by atoms with Crippen LogP contribution in [0.3, 0.4) is 0 Å². The lowest BCUT2D eigenvalue weighted by atomic mass is 10.2. The number of carbonyl (C=O) groups is 1. The van der Waals surface area contributed by atoms with E-state index < -0.39 is 6.17 Å². The minimum atomic E-state index is -1.08. The summed E-state index contributed by atoms with van der Waals surface area (Å²) >= 11 is 0. The number of halogens is 1. The van der Waals surface area contributed by atoms with Crippen LogP contribution in [0.15, 0.2) is 12.4 Å². The SMILES string of the molecule is C[C@@H]1C[C@H](F)c2nc(-n3cc(C=O)cn3)nn21. The minimum Gasteiger partial charge on any atom is -0.298 e. The Balaban J connectivity index is 2.03. The Kier molecular flexibility index (Phi) is 2.07. The van der Waals surface area contributed by atoms with Crippen molar-refractivity contribution in [2.45, 2.75) is 25.6 Å². The summed E-state index contributed by atoms with van der Waals surface area (Å²) in [6, 6.07) is 0.00218. The van der Waals surface area contributed by atoms with Crippen molar-refractivity contribution in [3.8, 4) is 5.95 Å². The summed E-state index contributed by atoms with van der Waals surface area (Å²) in [5, 5.41) is 8.13. The van der Waals surface area contributed by atoms with Crippen LogP contribution in [0.1, 0.15) is 41.7 Å². The van der Waals surface area contributed by atoms with Crippen LogP contribution in [0.25, 0.3) is 5.95 Å². The molecule has 3 rings (SSSR count). The predicted octanol–water partition coefficient (Wildman–Crippen LogP) is 1.25. The molecule has 1 aliphatic rings. The fraction of sp³-hybridized carbons (Fsp3) is 0.400. The van der Waals surface area contributed by atoms with E-state index in [2.05, 4.69) is 15.2 Å². The first-order valence-corrected chi connectivity index (χ1v) is 5.30. The molecule has 0 fully saturated rings. The molecular formula is C10H10FN5O. The summed E-state index contributed by atoms with van der Waals surface area (Å²) in [6.45, 7) is 1.89. The van der Waals surface area contributed by atoms with E-state index in [1.807, 2.05) is 6.92 Å². The summed E-state index contributed by atoms with van der Waals surface area (Å²) in [5.41, 5.74) is 0.435. The van der Waals surface area contributed by atoms with Crippen LogP contribution in [0.2, 0.25) is 0 Å². The number of carbonyl (C=O) groups excluding carboxylic acids is 1. The molecule has 7 heteroatoms. The highest BCUT2D eigenvalue weighted by molar-refractivity contribution is 5.73. The first kappa shape index (κ1) is 10.1. The Hall–Kier alpha value is -2.05. The van der Waals surface area contributed by atoms with Gasteiger partial charge in [0, 0.05) is 12.6 Å². The molecule has 0 saturated heterocycles. The second kappa shape index (κ2) is 3.47. The Morgan fingerprint density at radius 3 is 3.06 bits per heavy atom. The zero-order valence-corrected chi connectivity index (χ0v) is 9.12. The molecule has 0 spiro atoms. The van der Waals surface area contributed by atoms with Gasteiger partial charge in [0.25, 0.3) is 5.95 Å². The molecule has 2 aromatic rings. The van der Waals surface area contributed by atoms with Crippen molar-refractivity contribution in [3.05, 3.63) is 23.8 Å². The third-order valence-electron chi connectivity index (χ3n) is 2.84. The molecule has 6 nitrogen and oxygen atoms in total. The van der Waals surface area contributed by atoms with Gasteiger partial charge >= 0.3 is 0 Å². The van der Waals surface area contributed by atoms with E-state index in [0.717, 1.165) is 0 Å². The van der Waals surface area contributed by atoms with Gasteiger partial charge in [-0.05, 0) is 6.92 Å². The normalized spacial score (nSPS) is 22.7. The molecule has 88 valence electrons. The second-order valence-corrected chi connectivity index (χ2v) is 4.10. The van der Waals surface area contributed by atoms with E-state index in [1.165, 1.54) is 17.1 Å². The van der Waals surface area contributed by atoms with Gasteiger partial charge in [-0.3, -0.25) is 4.79 Å². The third kappa shape index (κ3) is 1.46. The molecule has 0 radical (unpaired) electrons. The number of nitrogens with zero attached hydrogens (tertiary/aromatic N) is 5. The largest absolute Gasteiger partial charge is 0.298 e. The van der Waals surface area contributed by atoms with Crippen LogP contribution < -0.4 is 0 Å². The summed E-state index contributed by atoms with van der Waals surface area (Å²) in [4.78, 5) is 14.6. The van der Waals surface area contributed by atoms with Gasteiger partial charge < -0.3 is 0 Å². The number of rotatable bonds is 2. The Morgan fingerprint density at radius 1 is 1.59 bits per heavy atom. The van der Waals surface area contributed by atoms with Crippen LogP contribution in [0.5, 0.6) is 0 Å². The van der Waals surface area contributed by atoms with Gasteiger partial charge in [0.1, 0.15) is 0 Å². The number of aromatic nitrogens is 5. The van der Waals surface area contributed by atoms with Crippen molar-refractivity contribution in [2.75, 3.05) is 0 Å². The van der Waals surface area contributed by atoms with Gasteiger partial charge in [0.05, 0.1) is 17.8 Å². The van der Waals surface area contributed by atoms with E-state index in [4.69, 9.17) is 0 Å². The topological polar surface area (TPSA) is 65.6 Å². The van der Waals surface area contributed by atoms with Crippen LogP contribution in [-0.4, -0.2) is 30.8 Å². The average molecular weight is 235 g/mol. The molecule has 2 atom stereocenters. The van der Waals surface area contributed by atoms with Crippen molar-refractivity contribution < 1.29 is 9.18 Å². The van der Waals surface area contributed by atoms with E-state index in [9.17, 15) is 9.18 Å². The molecule has 0 N–H and O–H groups in total. The van der Waals surface area contributed by atoms with E-state index >= 15 is 0 Å². The highest BCUT2D eigenvalue weighted by Gasteiger charge is 2.32. The fourth-order valence-electron chi connectivity index (χ4n) is 1.97. The Morgan fingerprint density at radius 2 is 2.41 bits per heavy atom.